The van der Waals surface area contributed by atoms with Gasteiger partial charge in [-0.1, -0.05) is 18.2 Å². The molecular weight excluding hydrogens is 434 g/mol. The van der Waals surface area contributed by atoms with Gasteiger partial charge < -0.3 is 15.4 Å². The maximum Gasteiger partial charge on any atom is 0.224 e. The van der Waals surface area contributed by atoms with Crippen molar-refractivity contribution in [1.82, 2.24) is 37.0 Å². The lowest BCUT2D eigenvalue weighted by Gasteiger charge is -2.32. The second-order valence-corrected chi connectivity index (χ2v) is 8.88. The molecule has 184 valence electrons. The van der Waals surface area contributed by atoms with Crippen LogP contribution in [-0.4, -0.2) is 75.5 Å². The van der Waals surface area contributed by atoms with Gasteiger partial charge in [0.1, 0.15) is 18.0 Å². The lowest BCUT2D eigenvalue weighted by atomic mass is 9.94. The first kappa shape index (κ1) is 24.5. The maximum atomic E-state index is 13.0. The van der Waals surface area contributed by atoms with Crippen molar-refractivity contribution in [3.63, 3.8) is 0 Å². The van der Waals surface area contributed by atoms with Crippen molar-refractivity contribution in [2.45, 2.75) is 43.8 Å². The average Bonchev–Trinajstić information content (AvgIpc) is 3.26. The SMILES string of the molecule is COc1ccccc1[C@H](C#N)NC(=O)C1CCNC(NCC2NNC(C3=NCNCC3)N2C)C1. The Morgan fingerprint density at radius 1 is 1.35 bits per heavy atom. The Bertz CT molecular complexity index is 918. The molecule has 3 aliphatic heterocycles. The molecule has 3 heterocycles. The molecule has 34 heavy (non-hydrogen) atoms. The number of aliphatic imine (C=N–C) groups is 1. The van der Waals surface area contributed by atoms with Crippen molar-refractivity contribution in [3.8, 4) is 11.8 Å². The fourth-order valence-corrected chi connectivity index (χ4v) is 4.74. The predicted octanol–water partition coefficient (Wildman–Crippen LogP) is -0.625. The molecule has 6 N–H and O–H groups in total. The number of piperidine rings is 1. The second-order valence-electron chi connectivity index (χ2n) is 8.88. The van der Waals surface area contributed by atoms with Crippen LogP contribution in [0.25, 0.3) is 0 Å². The molecule has 1 aromatic rings. The van der Waals surface area contributed by atoms with Crippen LogP contribution in [0.1, 0.15) is 30.9 Å². The Hall–Kier alpha value is -2.59. The largest absolute Gasteiger partial charge is 0.496 e. The lowest BCUT2D eigenvalue weighted by Crippen LogP contribution is -2.55. The van der Waals surface area contributed by atoms with E-state index in [2.05, 4.69) is 55.1 Å². The molecule has 1 amide bonds. The number of para-hydroxylation sites is 1. The van der Waals surface area contributed by atoms with E-state index in [1.54, 1.807) is 13.2 Å². The average molecular weight is 470 g/mol. The number of amides is 1. The number of nitrogens with zero attached hydrogens (tertiary/aromatic N) is 3. The molecule has 0 aliphatic carbocycles. The van der Waals surface area contributed by atoms with E-state index in [0.717, 1.165) is 31.6 Å². The number of nitrogens with one attached hydrogen (secondary N) is 6. The van der Waals surface area contributed by atoms with E-state index in [9.17, 15) is 10.1 Å². The van der Waals surface area contributed by atoms with E-state index in [0.29, 0.717) is 30.9 Å². The summed E-state index contributed by atoms with van der Waals surface area (Å²) in [6.07, 6.45) is 2.52. The molecule has 0 radical (unpaired) electrons. The van der Waals surface area contributed by atoms with Crippen LogP contribution in [0.15, 0.2) is 29.3 Å². The number of hydrazine groups is 1. The minimum atomic E-state index is -0.748. The van der Waals surface area contributed by atoms with E-state index in [1.807, 2.05) is 18.2 Å². The van der Waals surface area contributed by atoms with Crippen LogP contribution in [0.2, 0.25) is 0 Å². The summed E-state index contributed by atoms with van der Waals surface area (Å²) in [4.78, 5) is 19.8. The summed E-state index contributed by atoms with van der Waals surface area (Å²) >= 11 is 0. The van der Waals surface area contributed by atoms with E-state index >= 15 is 0 Å². The Labute approximate surface area is 200 Å². The van der Waals surface area contributed by atoms with Crippen LogP contribution >= 0.6 is 0 Å². The van der Waals surface area contributed by atoms with Gasteiger partial charge >= 0.3 is 0 Å². The fourth-order valence-electron chi connectivity index (χ4n) is 4.74. The summed E-state index contributed by atoms with van der Waals surface area (Å²) in [5.74, 6) is 0.316. The molecular formula is C23H35N9O2. The van der Waals surface area contributed by atoms with Gasteiger partial charge in [0.05, 0.1) is 32.2 Å². The minimum absolute atomic E-state index is 0.0155. The van der Waals surface area contributed by atoms with Crippen LogP contribution in [0.5, 0.6) is 5.75 Å². The highest BCUT2D eigenvalue weighted by Gasteiger charge is 2.34. The van der Waals surface area contributed by atoms with Gasteiger partial charge in [-0.05, 0) is 32.5 Å². The van der Waals surface area contributed by atoms with E-state index in [4.69, 9.17) is 4.74 Å². The molecule has 3 aliphatic rings. The van der Waals surface area contributed by atoms with Crippen molar-refractivity contribution in [2.24, 2.45) is 10.9 Å². The van der Waals surface area contributed by atoms with Crippen LogP contribution < -0.4 is 36.9 Å². The second kappa shape index (κ2) is 11.7. The Balaban J connectivity index is 1.28. The monoisotopic (exact) mass is 469 g/mol. The van der Waals surface area contributed by atoms with Gasteiger partial charge in [-0.15, -0.1) is 0 Å². The Kier molecular flexibility index (Phi) is 8.44. The van der Waals surface area contributed by atoms with Gasteiger partial charge in [-0.25, -0.2) is 10.9 Å². The van der Waals surface area contributed by atoms with Crippen molar-refractivity contribution in [2.75, 3.05) is 40.5 Å². The summed E-state index contributed by atoms with van der Waals surface area (Å²) in [6.45, 7) is 3.07. The highest BCUT2D eigenvalue weighted by molar-refractivity contribution is 5.90. The van der Waals surface area contributed by atoms with Crippen LogP contribution in [0.4, 0.5) is 0 Å². The molecule has 11 heteroatoms. The summed E-state index contributed by atoms with van der Waals surface area (Å²) in [5, 5.41) is 22.8. The topological polar surface area (TPSA) is 138 Å². The predicted molar refractivity (Wildman–Crippen MR) is 129 cm³/mol. The lowest BCUT2D eigenvalue weighted by molar-refractivity contribution is -0.126. The molecule has 2 saturated heterocycles. The number of rotatable bonds is 8. The van der Waals surface area contributed by atoms with Gasteiger partial charge in [0, 0.05) is 36.7 Å². The van der Waals surface area contributed by atoms with Crippen molar-refractivity contribution < 1.29 is 9.53 Å². The minimum Gasteiger partial charge on any atom is -0.496 e. The molecule has 0 aromatic heterocycles. The first-order chi connectivity index (χ1) is 16.6. The number of ether oxygens (including phenoxy) is 1. The fraction of sp³-hybridized carbons (Fsp3) is 0.609. The molecule has 0 spiro atoms. The van der Waals surface area contributed by atoms with Gasteiger partial charge in [0.25, 0.3) is 0 Å². The van der Waals surface area contributed by atoms with Crippen molar-refractivity contribution in [1.29, 1.82) is 5.26 Å². The molecule has 0 bridgehead atoms. The quantitative estimate of drug-likeness (QED) is 0.294. The number of hydrogen-bond donors (Lipinski definition) is 6. The van der Waals surface area contributed by atoms with Crippen molar-refractivity contribution in [3.05, 3.63) is 29.8 Å². The zero-order valence-electron chi connectivity index (χ0n) is 19.8. The standard InChI is InChI=1S/C23H35N9O2/c1-32-21(30-31-22(32)17-8-9-25-14-28-17)13-27-20-11-15(7-10-26-20)23(33)29-18(12-24)16-5-3-4-6-19(16)34-2/h3-6,15,18,20-22,25-27,30-31H,7-11,13-14H2,1-2H3,(H,29,33)/t15?,18-,20?,21?,22?/m0/s1. The van der Waals surface area contributed by atoms with Gasteiger partial charge in [0.15, 0.2) is 0 Å². The molecule has 5 atom stereocenters. The summed E-state index contributed by atoms with van der Waals surface area (Å²) in [7, 11) is 3.64. The molecule has 1 aromatic carbocycles. The zero-order chi connectivity index (χ0) is 23.9. The van der Waals surface area contributed by atoms with E-state index in [-0.39, 0.29) is 30.3 Å². The molecule has 4 rings (SSSR count). The van der Waals surface area contributed by atoms with Crippen LogP contribution in [-0.2, 0) is 4.79 Å². The van der Waals surface area contributed by atoms with Gasteiger partial charge in [-0.3, -0.25) is 25.3 Å². The maximum absolute atomic E-state index is 13.0. The van der Waals surface area contributed by atoms with Gasteiger partial charge in [-0.2, -0.15) is 5.26 Å². The summed E-state index contributed by atoms with van der Waals surface area (Å²) in [6, 6.07) is 8.73. The van der Waals surface area contributed by atoms with Crippen LogP contribution in [0.3, 0.4) is 0 Å². The van der Waals surface area contributed by atoms with E-state index < -0.39 is 6.04 Å². The number of hydrogen-bond acceptors (Lipinski definition) is 10. The Morgan fingerprint density at radius 3 is 2.97 bits per heavy atom. The third kappa shape index (κ3) is 5.72. The third-order valence-corrected chi connectivity index (χ3v) is 6.75. The van der Waals surface area contributed by atoms with Crippen molar-refractivity contribution >= 4 is 11.6 Å². The first-order valence-corrected chi connectivity index (χ1v) is 11.9. The highest BCUT2D eigenvalue weighted by atomic mass is 16.5. The smallest absolute Gasteiger partial charge is 0.224 e. The number of likely N-dealkylation sites (N-methyl/N-ethyl adjacent to an activating group) is 1. The number of benzene rings is 1. The molecule has 2 fully saturated rings. The first-order valence-electron chi connectivity index (χ1n) is 11.9. The number of carbonyl (C=O) groups is 1. The number of nitriles is 1. The molecule has 0 saturated carbocycles. The third-order valence-electron chi connectivity index (χ3n) is 6.75. The van der Waals surface area contributed by atoms with Gasteiger partial charge in [0.2, 0.25) is 5.91 Å². The van der Waals surface area contributed by atoms with E-state index in [1.165, 1.54) is 0 Å². The highest BCUT2D eigenvalue weighted by Crippen LogP contribution is 2.25. The number of methoxy groups -OCH3 is 1. The van der Waals surface area contributed by atoms with Crippen LogP contribution in [0, 0.1) is 17.2 Å². The summed E-state index contributed by atoms with van der Waals surface area (Å²) < 4.78 is 5.36. The molecule has 11 nitrogen and oxygen atoms in total. The molecule has 4 unspecified atom stereocenters. The number of carbonyl (C=O) groups excluding carboxylic acids is 1. The summed E-state index contributed by atoms with van der Waals surface area (Å²) in [5.41, 5.74) is 8.52. The zero-order valence-corrected chi connectivity index (χ0v) is 19.8. The normalized spacial score (nSPS) is 28.6. The Morgan fingerprint density at radius 2 is 2.21 bits per heavy atom.